The van der Waals surface area contributed by atoms with Gasteiger partial charge in [-0.15, -0.1) is 0 Å². The van der Waals surface area contributed by atoms with Gasteiger partial charge in [0.25, 0.3) is 0 Å². The highest BCUT2D eigenvalue weighted by Crippen LogP contribution is 2.29. The Morgan fingerprint density at radius 1 is 0.537 bits per heavy atom. The Labute approximate surface area is 484 Å². The van der Waals surface area contributed by atoms with Crippen molar-refractivity contribution in [2.75, 3.05) is 52.4 Å². The highest BCUT2D eigenvalue weighted by molar-refractivity contribution is 7.89. The molecule has 0 aromatic heterocycles. The lowest BCUT2D eigenvalue weighted by Gasteiger charge is -2.37. The van der Waals surface area contributed by atoms with E-state index < -0.39 is 91.8 Å². The quantitative estimate of drug-likeness (QED) is 0.0553. The number of sulfonamides is 2. The van der Waals surface area contributed by atoms with E-state index in [0.29, 0.717) is 62.7 Å². The van der Waals surface area contributed by atoms with E-state index in [2.05, 4.69) is 20.1 Å². The second-order valence-electron chi connectivity index (χ2n) is 23.7. The summed E-state index contributed by atoms with van der Waals surface area (Å²) >= 11 is 0. The second kappa shape index (κ2) is 28.1. The van der Waals surface area contributed by atoms with Crippen molar-refractivity contribution in [3.05, 3.63) is 120 Å². The molecule has 2 saturated heterocycles. The zero-order chi connectivity index (χ0) is 60.2. The standard InChI is InChI=1S/C60H84N10O10S2/c1-41(61)55(73)65-53(59(3,4)5)57(75)69-33-15-21-47(69)39-67(35-31-43-17-11-9-12-18-43)51(71)37-63-81(77,78)49-27-23-45(24-28-49)46-25-29-50(30-26-46)82(79,80)64-38-52(72)68(36-32-44-19-13-10-14-20-44)40-48-22-16-34-70(48)58(76)54(60(6,7)8)66-56(74)42(2)62/h9-14,17-20,23-30,41-42,47-48,53-54,63-64H,15-16,21-22,31-40,61-62H2,1-8H3,(H,65,73)(H,66,74)/t41-,42-,47-,48-,53+,54+/m0/s1. The van der Waals surface area contributed by atoms with Crippen LogP contribution in [0.4, 0.5) is 0 Å². The number of hydrogen-bond acceptors (Lipinski definition) is 12. The molecule has 6 atom stereocenters. The molecule has 0 aliphatic carbocycles. The van der Waals surface area contributed by atoms with Crippen LogP contribution in [0.2, 0.25) is 0 Å². The SMILES string of the molecule is C[C@H](N)C(=O)N[C@H](C(=O)N1CCC[C@H]1CN(CCc1ccccc1)C(=O)CNS(=O)(=O)c1ccc(-c2ccc(S(=O)(=O)NCC(=O)N(CCc3ccccc3)C[C@@H]3CCCN3C(=O)[C@@H](NC(=O)[C@H](C)N)C(C)(C)C)cc2)cc1)C(C)(C)C. The van der Waals surface area contributed by atoms with Crippen LogP contribution in [-0.2, 0) is 61.7 Å². The number of nitrogens with two attached hydrogens (primary N) is 2. The number of nitrogens with one attached hydrogen (secondary N) is 4. The van der Waals surface area contributed by atoms with Crippen molar-refractivity contribution in [2.45, 2.75) is 140 Å². The van der Waals surface area contributed by atoms with E-state index in [0.717, 1.165) is 11.1 Å². The summed E-state index contributed by atoms with van der Waals surface area (Å²) in [4.78, 5) is 88.1. The van der Waals surface area contributed by atoms with Crippen LogP contribution in [0.3, 0.4) is 0 Å². The fourth-order valence-corrected chi connectivity index (χ4v) is 12.1. The number of hydrogen-bond donors (Lipinski definition) is 6. The van der Waals surface area contributed by atoms with Crippen LogP contribution in [0.1, 0.15) is 92.2 Å². The molecule has 0 radical (unpaired) electrons. The molecule has 446 valence electrons. The maximum atomic E-state index is 14.1. The van der Waals surface area contributed by atoms with Gasteiger partial charge in [-0.3, -0.25) is 28.8 Å². The first-order valence-electron chi connectivity index (χ1n) is 28.1. The van der Waals surface area contributed by atoms with Crippen molar-refractivity contribution < 1.29 is 45.6 Å². The van der Waals surface area contributed by atoms with E-state index in [1.807, 2.05) is 102 Å². The summed E-state index contributed by atoms with van der Waals surface area (Å²) in [7, 11) is -8.42. The summed E-state index contributed by atoms with van der Waals surface area (Å²) in [5.74, 6) is -2.42. The van der Waals surface area contributed by atoms with E-state index in [1.54, 1.807) is 57.7 Å². The molecular weight excluding hydrogens is 1080 g/mol. The molecule has 2 heterocycles. The monoisotopic (exact) mass is 1170 g/mol. The molecule has 2 aliphatic rings. The normalized spacial score (nSPS) is 17.3. The Morgan fingerprint density at radius 3 is 1.17 bits per heavy atom. The molecule has 6 rings (SSSR count). The molecule has 2 aliphatic heterocycles. The van der Waals surface area contributed by atoms with Crippen LogP contribution >= 0.6 is 0 Å². The van der Waals surface area contributed by atoms with Gasteiger partial charge in [0, 0.05) is 51.4 Å². The molecule has 20 nitrogen and oxygen atoms in total. The Morgan fingerprint density at radius 2 is 0.866 bits per heavy atom. The Balaban J connectivity index is 1.09. The second-order valence-corrected chi connectivity index (χ2v) is 27.2. The number of carbonyl (C=O) groups excluding carboxylic acids is 6. The summed E-state index contributed by atoms with van der Waals surface area (Å²) in [6, 6.07) is 26.8. The van der Waals surface area contributed by atoms with Crippen LogP contribution in [0.5, 0.6) is 0 Å². The molecule has 0 saturated carbocycles. The van der Waals surface area contributed by atoms with Crippen molar-refractivity contribution in [1.29, 1.82) is 0 Å². The number of rotatable bonds is 25. The predicted octanol–water partition coefficient (Wildman–Crippen LogP) is 3.79. The fourth-order valence-electron chi connectivity index (χ4n) is 10.1. The maximum Gasteiger partial charge on any atom is 0.246 e. The first-order chi connectivity index (χ1) is 38.5. The molecule has 6 amide bonds. The number of benzene rings is 4. The molecular formula is C60H84N10O10S2. The number of nitrogens with zero attached hydrogens (tertiary/aromatic N) is 4. The summed E-state index contributed by atoms with van der Waals surface area (Å²) in [5.41, 5.74) is 13.5. The van der Waals surface area contributed by atoms with Gasteiger partial charge in [0.2, 0.25) is 55.5 Å². The molecule has 22 heteroatoms. The third-order valence-corrected chi connectivity index (χ3v) is 17.9. The largest absolute Gasteiger partial charge is 0.342 e. The van der Waals surface area contributed by atoms with Crippen molar-refractivity contribution in [1.82, 2.24) is 39.7 Å². The van der Waals surface area contributed by atoms with Crippen LogP contribution in [0.15, 0.2) is 119 Å². The maximum absolute atomic E-state index is 14.1. The van der Waals surface area contributed by atoms with Crippen molar-refractivity contribution in [3.8, 4) is 11.1 Å². The van der Waals surface area contributed by atoms with Gasteiger partial charge in [-0.1, -0.05) is 126 Å². The molecule has 0 spiro atoms. The van der Waals surface area contributed by atoms with Gasteiger partial charge in [-0.25, -0.2) is 26.3 Å². The van der Waals surface area contributed by atoms with Gasteiger partial charge >= 0.3 is 0 Å². The Kier molecular flexibility index (Phi) is 22.2. The van der Waals surface area contributed by atoms with Gasteiger partial charge in [0.1, 0.15) is 12.1 Å². The van der Waals surface area contributed by atoms with Gasteiger partial charge in [0.15, 0.2) is 0 Å². The Bertz CT molecular complexity index is 2850. The molecule has 4 aromatic carbocycles. The summed E-state index contributed by atoms with van der Waals surface area (Å²) in [6.07, 6.45) is 3.55. The van der Waals surface area contributed by atoms with Crippen molar-refractivity contribution in [3.63, 3.8) is 0 Å². The first-order valence-corrected chi connectivity index (χ1v) is 31.1. The number of likely N-dealkylation sites (tertiary alicyclic amines) is 2. The third kappa shape index (κ3) is 17.7. The lowest BCUT2D eigenvalue weighted by molar-refractivity contribution is -0.141. The Hall–Kier alpha value is -6.56. The third-order valence-electron chi connectivity index (χ3n) is 15.0. The molecule has 8 N–H and O–H groups in total. The molecule has 0 bridgehead atoms. The van der Waals surface area contributed by atoms with Gasteiger partial charge < -0.3 is 41.7 Å². The van der Waals surface area contributed by atoms with Crippen LogP contribution in [-0.4, -0.2) is 160 Å². The van der Waals surface area contributed by atoms with Gasteiger partial charge in [-0.05, 0) is 110 Å². The van der Waals surface area contributed by atoms with Crippen LogP contribution in [0.25, 0.3) is 11.1 Å². The van der Waals surface area contributed by atoms with E-state index in [4.69, 9.17) is 11.5 Å². The zero-order valence-electron chi connectivity index (χ0n) is 48.6. The molecule has 4 aromatic rings. The summed E-state index contributed by atoms with van der Waals surface area (Å²) < 4.78 is 59.8. The molecule has 0 unspecified atom stereocenters. The van der Waals surface area contributed by atoms with E-state index >= 15 is 0 Å². The zero-order valence-corrected chi connectivity index (χ0v) is 50.2. The highest BCUT2D eigenvalue weighted by Gasteiger charge is 2.42. The summed E-state index contributed by atoms with van der Waals surface area (Å²) in [5, 5.41) is 5.64. The lowest BCUT2D eigenvalue weighted by Crippen LogP contribution is -2.59. The van der Waals surface area contributed by atoms with E-state index in [1.165, 1.54) is 24.3 Å². The van der Waals surface area contributed by atoms with Crippen molar-refractivity contribution in [2.24, 2.45) is 22.3 Å². The smallest absolute Gasteiger partial charge is 0.246 e. The van der Waals surface area contributed by atoms with Crippen LogP contribution in [0, 0.1) is 10.8 Å². The van der Waals surface area contributed by atoms with Gasteiger partial charge in [0.05, 0.1) is 35.0 Å². The fraction of sp³-hybridized carbons (Fsp3) is 0.500. The number of carbonyl (C=O) groups is 6. The summed E-state index contributed by atoms with van der Waals surface area (Å²) in [6.45, 7) is 14.8. The minimum atomic E-state index is -4.21. The average molecular weight is 1170 g/mol. The lowest BCUT2D eigenvalue weighted by atomic mass is 9.85. The predicted molar refractivity (Wildman–Crippen MR) is 315 cm³/mol. The average Bonchev–Trinajstić information content (AvgIpc) is 4.26. The topological polar surface area (TPSA) is 284 Å². The molecule has 2 fully saturated rings. The van der Waals surface area contributed by atoms with E-state index in [9.17, 15) is 45.6 Å². The van der Waals surface area contributed by atoms with Gasteiger partial charge in [-0.2, -0.15) is 0 Å². The van der Waals surface area contributed by atoms with E-state index in [-0.39, 0.29) is 59.9 Å². The van der Waals surface area contributed by atoms with Crippen molar-refractivity contribution >= 4 is 55.5 Å². The first kappa shape index (κ1) is 64.6. The highest BCUT2D eigenvalue weighted by atomic mass is 32.2. The minimum absolute atomic E-state index is 0.104. The number of amides is 6. The minimum Gasteiger partial charge on any atom is -0.342 e. The van der Waals surface area contributed by atoms with Crippen LogP contribution < -0.4 is 31.5 Å². The molecule has 82 heavy (non-hydrogen) atoms.